The molecule has 118 valence electrons. The highest BCUT2D eigenvalue weighted by Gasteiger charge is 2.16. The second kappa shape index (κ2) is 9.22. The van der Waals surface area contributed by atoms with Crippen LogP contribution in [0, 0.1) is 6.92 Å². The smallest absolute Gasteiger partial charge is 0.0665 e. The zero-order chi connectivity index (χ0) is 14.9. The summed E-state index contributed by atoms with van der Waals surface area (Å²) in [6.07, 6.45) is 9.56. The molecule has 1 aromatic carbocycles. The molecule has 1 saturated carbocycles. The van der Waals surface area contributed by atoms with Gasteiger partial charge in [0, 0.05) is 0 Å². The summed E-state index contributed by atoms with van der Waals surface area (Å²) < 4.78 is 6.24. The van der Waals surface area contributed by atoms with Gasteiger partial charge in [-0.2, -0.15) is 0 Å². The first-order valence-electron chi connectivity index (χ1n) is 8.71. The number of hydrogen-bond acceptors (Lipinski definition) is 2. The Morgan fingerprint density at radius 2 is 1.76 bits per heavy atom. The van der Waals surface area contributed by atoms with Gasteiger partial charge in [-0.3, -0.25) is 0 Å². The molecule has 21 heavy (non-hydrogen) atoms. The summed E-state index contributed by atoms with van der Waals surface area (Å²) in [7, 11) is 0. The quantitative estimate of drug-likeness (QED) is 0.730. The molecule has 1 aliphatic rings. The normalized spacial score (nSPS) is 18.4. The highest BCUT2D eigenvalue weighted by molar-refractivity contribution is 5.24. The van der Waals surface area contributed by atoms with E-state index in [1.807, 2.05) is 0 Å². The molecule has 2 heteroatoms. The molecule has 0 radical (unpaired) electrons. The van der Waals surface area contributed by atoms with E-state index in [0.29, 0.717) is 12.1 Å². The van der Waals surface area contributed by atoms with Gasteiger partial charge >= 0.3 is 0 Å². The van der Waals surface area contributed by atoms with Crippen LogP contribution in [0.1, 0.15) is 69.0 Å². The Hall–Kier alpha value is -0.860. The fourth-order valence-electron chi connectivity index (χ4n) is 3.03. The molecular weight excluding hydrogens is 258 g/mol. The van der Waals surface area contributed by atoms with Gasteiger partial charge in [0.15, 0.2) is 0 Å². The maximum Gasteiger partial charge on any atom is 0.0665 e. The van der Waals surface area contributed by atoms with Crippen LogP contribution in [0.5, 0.6) is 0 Å². The van der Waals surface area contributed by atoms with Crippen LogP contribution in [0.25, 0.3) is 0 Å². The lowest BCUT2D eigenvalue weighted by Gasteiger charge is -2.23. The van der Waals surface area contributed by atoms with Crippen molar-refractivity contribution in [2.24, 2.45) is 0 Å². The van der Waals surface area contributed by atoms with Gasteiger partial charge in [0.05, 0.1) is 18.8 Å². The van der Waals surface area contributed by atoms with Gasteiger partial charge < -0.3 is 10.1 Å². The maximum atomic E-state index is 6.24. The van der Waals surface area contributed by atoms with Crippen LogP contribution in [-0.4, -0.2) is 19.3 Å². The number of benzene rings is 1. The Kier molecular flexibility index (Phi) is 7.25. The molecule has 1 unspecified atom stereocenters. The third-order valence-corrected chi connectivity index (χ3v) is 4.42. The second-order valence-electron chi connectivity index (χ2n) is 6.36. The first kappa shape index (κ1) is 16.5. The Labute approximate surface area is 130 Å². The first-order valence-corrected chi connectivity index (χ1v) is 8.71. The predicted molar refractivity (Wildman–Crippen MR) is 89.7 cm³/mol. The summed E-state index contributed by atoms with van der Waals surface area (Å²) in [5.41, 5.74) is 2.67. The van der Waals surface area contributed by atoms with Crippen LogP contribution < -0.4 is 5.32 Å². The van der Waals surface area contributed by atoms with Crippen molar-refractivity contribution in [2.45, 2.75) is 70.9 Å². The molecule has 1 fully saturated rings. The van der Waals surface area contributed by atoms with Crippen molar-refractivity contribution in [1.82, 2.24) is 5.32 Å². The largest absolute Gasteiger partial charge is 0.376 e. The van der Waals surface area contributed by atoms with Crippen molar-refractivity contribution in [3.05, 3.63) is 35.4 Å². The predicted octanol–water partition coefficient (Wildman–Crippen LogP) is 4.78. The molecule has 2 rings (SSSR count). The Bertz CT molecular complexity index is 379. The number of aryl methyl sites for hydroxylation is 1. The number of nitrogens with one attached hydrogen (secondary N) is 1. The monoisotopic (exact) mass is 289 g/mol. The van der Waals surface area contributed by atoms with Crippen molar-refractivity contribution in [1.29, 1.82) is 0 Å². The van der Waals surface area contributed by atoms with Crippen molar-refractivity contribution >= 4 is 0 Å². The van der Waals surface area contributed by atoms with E-state index in [4.69, 9.17) is 4.74 Å². The van der Waals surface area contributed by atoms with Crippen molar-refractivity contribution < 1.29 is 4.74 Å². The average molecular weight is 289 g/mol. The molecule has 1 atom stereocenters. The Morgan fingerprint density at radius 1 is 1.10 bits per heavy atom. The summed E-state index contributed by atoms with van der Waals surface area (Å²) in [6.45, 7) is 6.20. The molecule has 0 aliphatic heterocycles. The standard InChI is InChI=1S/C19H31NO/c1-3-14-20-19(17-12-10-16(2)11-13-17)15-21-18-8-6-4-5-7-9-18/h10-13,18-20H,3-9,14-15H2,1-2H3. The molecule has 0 bridgehead atoms. The highest BCUT2D eigenvalue weighted by Crippen LogP contribution is 2.22. The van der Waals surface area contributed by atoms with Crippen molar-refractivity contribution in [3.8, 4) is 0 Å². The van der Waals surface area contributed by atoms with Crippen molar-refractivity contribution in [3.63, 3.8) is 0 Å². The number of ether oxygens (including phenoxy) is 1. The fourth-order valence-corrected chi connectivity index (χ4v) is 3.03. The maximum absolute atomic E-state index is 6.24. The molecule has 0 amide bonds. The topological polar surface area (TPSA) is 21.3 Å². The summed E-state index contributed by atoms with van der Waals surface area (Å²) in [4.78, 5) is 0. The van der Waals surface area contributed by atoms with Gasteiger partial charge in [-0.25, -0.2) is 0 Å². The van der Waals surface area contributed by atoms with E-state index in [1.54, 1.807) is 0 Å². The fraction of sp³-hybridized carbons (Fsp3) is 0.684. The summed E-state index contributed by atoms with van der Waals surface area (Å²) >= 11 is 0. The molecule has 0 heterocycles. The molecule has 0 saturated heterocycles. The van der Waals surface area contributed by atoms with E-state index in [0.717, 1.165) is 19.6 Å². The average Bonchev–Trinajstić information content (AvgIpc) is 2.77. The van der Waals surface area contributed by atoms with Crippen LogP contribution in [0.3, 0.4) is 0 Å². The Morgan fingerprint density at radius 3 is 2.38 bits per heavy atom. The zero-order valence-electron chi connectivity index (χ0n) is 13.7. The van der Waals surface area contributed by atoms with Crippen LogP contribution in [0.15, 0.2) is 24.3 Å². The van der Waals surface area contributed by atoms with E-state index in [-0.39, 0.29) is 0 Å². The third kappa shape index (κ3) is 5.80. The SMILES string of the molecule is CCCNC(COC1CCCCCC1)c1ccc(C)cc1. The lowest BCUT2D eigenvalue weighted by atomic mass is 10.1. The van der Waals surface area contributed by atoms with E-state index in [2.05, 4.69) is 43.4 Å². The van der Waals surface area contributed by atoms with Gasteiger partial charge in [-0.15, -0.1) is 0 Å². The minimum absolute atomic E-state index is 0.328. The Balaban J connectivity index is 1.90. The van der Waals surface area contributed by atoms with Crippen LogP contribution >= 0.6 is 0 Å². The van der Waals surface area contributed by atoms with Gasteiger partial charge in [-0.1, -0.05) is 62.4 Å². The van der Waals surface area contributed by atoms with E-state index >= 15 is 0 Å². The lowest BCUT2D eigenvalue weighted by Crippen LogP contribution is -2.28. The zero-order valence-corrected chi connectivity index (χ0v) is 13.7. The molecule has 1 N–H and O–H groups in total. The van der Waals surface area contributed by atoms with Crippen LogP contribution in [0.2, 0.25) is 0 Å². The van der Waals surface area contributed by atoms with Crippen molar-refractivity contribution in [2.75, 3.05) is 13.2 Å². The summed E-state index contributed by atoms with van der Waals surface area (Å²) in [5.74, 6) is 0. The third-order valence-electron chi connectivity index (χ3n) is 4.42. The molecular formula is C19H31NO. The van der Waals surface area contributed by atoms with E-state index in [9.17, 15) is 0 Å². The molecule has 1 aromatic rings. The minimum atomic E-state index is 0.328. The van der Waals surface area contributed by atoms with Gasteiger partial charge in [0.1, 0.15) is 0 Å². The molecule has 0 spiro atoms. The van der Waals surface area contributed by atoms with E-state index in [1.165, 1.54) is 49.7 Å². The summed E-state index contributed by atoms with van der Waals surface area (Å²) in [6, 6.07) is 9.19. The van der Waals surface area contributed by atoms with E-state index < -0.39 is 0 Å². The molecule has 2 nitrogen and oxygen atoms in total. The van der Waals surface area contributed by atoms with Gasteiger partial charge in [0.2, 0.25) is 0 Å². The first-order chi connectivity index (χ1) is 10.3. The minimum Gasteiger partial charge on any atom is -0.376 e. The number of hydrogen-bond donors (Lipinski definition) is 1. The van der Waals surface area contributed by atoms with Crippen LogP contribution in [0.4, 0.5) is 0 Å². The number of rotatable bonds is 7. The molecule has 0 aromatic heterocycles. The molecule has 1 aliphatic carbocycles. The van der Waals surface area contributed by atoms with Gasteiger partial charge in [0.25, 0.3) is 0 Å². The second-order valence-corrected chi connectivity index (χ2v) is 6.36. The summed E-state index contributed by atoms with van der Waals surface area (Å²) in [5, 5.41) is 3.64. The highest BCUT2D eigenvalue weighted by atomic mass is 16.5. The van der Waals surface area contributed by atoms with Gasteiger partial charge in [-0.05, 0) is 38.3 Å². The lowest BCUT2D eigenvalue weighted by molar-refractivity contribution is 0.0288. The van der Waals surface area contributed by atoms with Crippen LogP contribution in [-0.2, 0) is 4.74 Å².